The number of hydrogen-bond donors (Lipinski definition) is 0. The van der Waals surface area contributed by atoms with Crippen LogP contribution in [0.2, 0.25) is 10.0 Å². The van der Waals surface area contributed by atoms with Gasteiger partial charge in [0.05, 0.1) is 21.7 Å². The van der Waals surface area contributed by atoms with Gasteiger partial charge in [-0.1, -0.05) is 34.5 Å². The molecule has 1 heterocycles. The molecule has 0 saturated heterocycles. The Morgan fingerprint density at radius 1 is 1.12 bits per heavy atom. The fraction of sp³-hybridized carbons (Fsp3) is 0.235. The molecule has 0 radical (unpaired) electrons. The second-order valence-electron chi connectivity index (χ2n) is 5.37. The van der Waals surface area contributed by atoms with Crippen molar-refractivity contribution in [1.29, 1.82) is 0 Å². The van der Waals surface area contributed by atoms with Gasteiger partial charge >= 0.3 is 0 Å². The lowest BCUT2D eigenvalue weighted by atomic mass is 10.3. The van der Waals surface area contributed by atoms with Gasteiger partial charge in [-0.15, -0.1) is 4.40 Å². The number of nitrogens with zero attached hydrogens (tertiary/aromatic N) is 2. The van der Waals surface area contributed by atoms with Crippen molar-refractivity contribution in [2.75, 3.05) is 13.2 Å². The maximum absolute atomic E-state index is 12.7. The van der Waals surface area contributed by atoms with Crippen LogP contribution in [0.1, 0.15) is 6.92 Å². The molecule has 0 saturated carbocycles. The molecular formula is C17H16Cl2N2O3S2. The Morgan fingerprint density at radius 2 is 1.81 bits per heavy atom. The van der Waals surface area contributed by atoms with E-state index < -0.39 is 10.0 Å². The molecule has 0 N–H and O–H groups in total. The number of halogens is 2. The first-order chi connectivity index (χ1) is 12.4. The summed E-state index contributed by atoms with van der Waals surface area (Å²) in [6, 6.07) is 11.4. The highest BCUT2D eigenvalue weighted by Gasteiger charge is 2.15. The lowest BCUT2D eigenvalue weighted by Crippen LogP contribution is -2.19. The summed E-state index contributed by atoms with van der Waals surface area (Å²) >= 11 is 13.2. The Hall–Kier alpha value is -1.38. The third-order valence-corrected chi connectivity index (χ3v) is 6.54. The van der Waals surface area contributed by atoms with Crippen molar-refractivity contribution in [1.82, 2.24) is 4.57 Å². The van der Waals surface area contributed by atoms with Crippen molar-refractivity contribution >= 4 is 54.8 Å². The van der Waals surface area contributed by atoms with Gasteiger partial charge < -0.3 is 9.30 Å². The summed E-state index contributed by atoms with van der Waals surface area (Å²) in [5, 5.41) is 1.05. The Kier molecular flexibility index (Phi) is 6.04. The van der Waals surface area contributed by atoms with Crippen LogP contribution in [0.15, 0.2) is 51.8 Å². The number of rotatable bonds is 6. The van der Waals surface area contributed by atoms with E-state index >= 15 is 0 Å². The molecule has 0 bridgehead atoms. The van der Waals surface area contributed by atoms with E-state index in [1.807, 2.05) is 17.6 Å². The Balaban J connectivity index is 2.14. The van der Waals surface area contributed by atoms with Crippen LogP contribution in [0.4, 0.5) is 0 Å². The van der Waals surface area contributed by atoms with E-state index in [-0.39, 0.29) is 4.90 Å². The molecule has 1 aromatic heterocycles. The highest BCUT2D eigenvalue weighted by atomic mass is 35.5. The zero-order valence-corrected chi connectivity index (χ0v) is 17.0. The molecular weight excluding hydrogens is 415 g/mol. The van der Waals surface area contributed by atoms with E-state index in [1.165, 1.54) is 35.6 Å². The molecule has 26 heavy (non-hydrogen) atoms. The first kappa shape index (κ1) is 19.4. The van der Waals surface area contributed by atoms with Crippen LogP contribution in [-0.4, -0.2) is 26.2 Å². The zero-order chi connectivity index (χ0) is 18.7. The van der Waals surface area contributed by atoms with Crippen molar-refractivity contribution in [3.8, 4) is 0 Å². The molecule has 0 fully saturated rings. The molecule has 0 atom stereocenters. The molecule has 0 spiro atoms. The van der Waals surface area contributed by atoms with Gasteiger partial charge in [0.15, 0.2) is 0 Å². The van der Waals surface area contributed by atoms with Crippen molar-refractivity contribution in [3.63, 3.8) is 0 Å². The molecule has 3 aromatic rings. The quantitative estimate of drug-likeness (QED) is 0.546. The molecule has 0 amide bonds. The second kappa shape index (κ2) is 8.10. The monoisotopic (exact) mass is 430 g/mol. The number of hydrogen-bond acceptors (Lipinski definition) is 4. The van der Waals surface area contributed by atoms with E-state index in [1.54, 1.807) is 12.1 Å². The highest BCUT2D eigenvalue weighted by molar-refractivity contribution is 7.90. The average molecular weight is 431 g/mol. The molecule has 0 unspecified atom stereocenters. The summed E-state index contributed by atoms with van der Waals surface area (Å²) in [4.78, 5) is 0.464. The van der Waals surface area contributed by atoms with Gasteiger partial charge in [0, 0.05) is 23.2 Å². The Labute approximate surface area is 165 Å². The molecule has 5 nitrogen and oxygen atoms in total. The largest absolute Gasteiger partial charge is 0.380 e. The maximum atomic E-state index is 12.7. The first-order valence-corrected chi connectivity index (χ1v) is 10.8. The topological polar surface area (TPSA) is 60.7 Å². The molecule has 0 aliphatic rings. The number of thiazole rings is 1. The van der Waals surface area contributed by atoms with Crippen LogP contribution < -0.4 is 4.80 Å². The highest BCUT2D eigenvalue weighted by Crippen LogP contribution is 2.23. The number of sulfonamides is 1. The van der Waals surface area contributed by atoms with Gasteiger partial charge in [0.2, 0.25) is 4.80 Å². The first-order valence-electron chi connectivity index (χ1n) is 7.84. The lowest BCUT2D eigenvalue weighted by molar-refractivity contribution is 0.139. The predicted molar refractivity (Wildman–Crippen MR) is 106 cm³/mol. The minimum atomic E-state index is -3.86. The number of fused-ring (bicyclic) bond motifs is 1. The third kappa shape index (κ3) is 4.29. The van der Waals surface area contributed by atoms with Gasteiger partial charge in [-0.2, -0.15) is 8.42 Å². The van der Waals surface area contributed by atoms with Gasteiger partial charge in [-0.3, -0.25) is 0 Å². The van der Waals surface area contributed by atoms with E-state index in [9.17, 15) is 8.42 Å². The summed E-state index contributed by atoms with van der Waals surface area (Å²) < 4.78 is 37.5. The molecule has 138 valence electrons. The van der Waals surface area contributed by atoms with Gasteiger partial charge in [0.25, 0.3) is 10.0 Å². The third-order valence-electron chi connectivity index (χ3n) is 3.62. The summed E-state index contributed by atoms with van der Waals surface area (Å²) in [5.41, 5.74) is 0.865. The fourth-order valence-corrected chi connectivity index (χ4v) is 5.06. The fourth-order valence-electron chi connectivity index (χ4n) is 2.40. The van der Waals surface area contributed by atoms with Crippen LogP contribution >= 0.6 is 34.5 Å². The van der Waals surface area contributed by atoms with Gasteiger partial charge in [-0.05, 0) is 49.4 Å². The number of ether oxygens (including phenoxy) is 1. The van der Waals surface area contributed by atoms with Crippen LogP contribution in [0, 0.1) is 0 Å². The van der Waals surface area contributed by atoms with E-state index in [4.69, 9.17) is 27.9 Å². The minimum Gasteiger partial charge on any atom is -0.380 e. The van der Waals surface area contributed by atoms with Crippen LogP contribution in [-0.2, 0) is 21.3 Å². The Morgan fingerprint density at radius 3 is 2.50 bits per heavy atom. The summed E-state index contributed by atoms with van der Waals surface area (Å²) in [7, 11) is -3.86. The standard InChI is InChI=1S/C17H16Cl2N2O3S2/c1-2-24-10-9-21-15-8-5-13(19)11-16(15)25-17(21)20-26(22,23)14-6-3-12(18)4-7-14/h3-8,11H,2,9-10H2,1H3. The number of aromatic nitrogens is 1. The van der Waals surface area contributed by atoms with E-state index in [2.05, 4.69) is 4.40 Å². The van der Waals surface area contributed by atoms with E-state index in [0.717, 1.165) is 10.2 Å². The molecule has 0 aliphatic heterocycles. The minimum absolute atomic E-state index is 0.0914. The zero-order valence-electron chi connectivity index (χ0n) is 13.9. The van der Waals surface area contributed by atoms with Crippen molar-refractivity contribution in [2.24, 2.45) is 4.40 Å². The average Bonchev–Trinajstić information content (AvgIpc) is 2.91. The van der Waals surface area contributed by atoms with Crippen molar-refractivity contribution < 1.29 is 13.2 Å². The predicted octanol–water partition coefficient (Wildman–Crippen LogP) is 4.34. The second-order valence-corrected chi connectivity index (χ2v) is 8.85. The Bertz CT molecular complexity index is 1090. The smallest absolute Gasteiger partial charge is 0.285 e. The molecule has 3 rings (SSSR count). The van der Waals surface area contributed by atoms with Crippen LogP contribution in [0.3, 0.4) is 0 Å². The molecule has 2 aromatic carbocycles. The van der Waals surface area contributed by atoms with Crippen LogP contribution in [0.25, 0.3) is 10.2 Å². The maximum Gasteiger partial charge on any atom is 0.285 e. The van der Waals surface area contributed by atoms with E-state index in [0.29, 0.717) is 34.6 Å². The summed E-state index contributed by atoms with van der Waals surface area (Å²) in [5.74, 6) is 0. The number of benzene rings is 2. The van der Waals surface area contributed by atoms with Gasteiger partial charge in [0.1, 0.15) is 0 Å². The molecule has 9 heteroatoms. The van der Waals surface area contributed by atoms with Crippen LogP contribution in [0.5, 0.6) is 0 Å². The van der Waals surface area contributed by atoms with Crippen molar-refractivity contribution in [2.45, 2.75) is 18.4 Å². The van der Waals surface area contributed by atoms with Crippen molar-refractivity contribution in [3.05, 3.63) is 57.3 Å². The molecule has 0 aliphatic carbocycles. The summed E-state index contributed by atoms with van der Waals surface area (Å²) in [6.07, 6.45) is 0. The summed E-state index contributed by atoms with van der Waals surface area (Å²) in [6.45, 7) is 3.44. The van der Waals surface area contributed by atoms with Gasteiger partial charge in [-0.25, -0.2) is 0 Å². The lowest BCUT2D eigenvalue weighted by Gasteiger charge is -2.05. The normalized spacial score (nSPS) is 12.8. The SMILES string of the molecule is CCOCCn1c(=NS(=O)(=O)c2ccc(Cl)cc2)sc2cc(Cl)ccc21.